The zero-order valence-corrected chi connectivity index (χ0v) is 22.2. The Morgan fingerprint density at radius 3 is 2.72 bits per heavy atom. The number of fused-ring (bicyclic) bond motifs is 1. The lowest BCUT2D eigenvalue weighted by Crippen LogP contribution is -2.44. The molecule has 0 amide bonds. The first-order chi connectivity index (χ1) is 18.7. The van der Waals surface area contributed by atoms with Crippen molar-refractivity contribution >= 4 is 34.2 Å². The Kier molecular flexibility index (Phi) is 6.59. The van der Waals surface area contributed by atoms with Crippen molar-refractivity contribution in [2.75, 3.05) is 24.6 Å². The van der Waals surface area contributed by atoms with Gasteiger partial charge in [0.1, 0.15) is 22.9 Å². The number of nitrogens with zero attached hydrogens (tertiary/aromatic N) is 3. The van der Waals surface area contributed by atoms with E-state index in [-0.39, 0.29) is 48.1 Å². The van der Waals surface area contributed by atoms with E-state index >= 15 is 4.39 Å². The summed E-state index contributed by atoms with van der Waals surface area (Å²) in [5.41, 5.74) is 1.60. The second kappa shape index (κ2) is 9.95. The molecular weight excluding hydrogens is 528 g/mol. The molecule has 1 aliphatic carbocycles. The summed E-state index contributed by atoms with van der Waals surface area (Å²) in [4.78, 5) is 13.6. The quantitative estimate of drug-likeness (QED) is 0.260. The van der Waals surface area contributed by atoms with E-state index in [0.717, 1.165) is 24.0 Å². The van der Waals surface area contributed by atoms with Crippen LogP contribution >= 0.6 is 11.6 Å². The van der Waals surface area contributed by atoms with Crippen LogP contribution in [0, 0.1) is 5.82 Å². The molecule has 0 radical (unpaired) electrons. The molecule has 1 saturated carbocycles. The fourth-order valence-corrected chi connectivity index (χ4v) is 5.69. The highest BCUT2D eigenvalue weighted by atomic mass is 35.5. The topological polar surface area (TPSA) is 80.7 Å². The number of aromatic nitrogens is 2. The molecule has 0 spiro atoms. The van der Waals surface area contributed by atoms with Crippen molar-refractivity contribution in [3.63, 3.8) is 0 Å². The lowest BCUT2D eigenvalue weighted by Gasteiger charge is -2.37. The van der Waals surface area contributed by atoms with E-state index < -0.39 is 17.5 Å². The highest BCUT2D eigenvalue weighted by molar-refractivity contribution is 6.33. The number of alkyl halides is 1. The van der Waals surface area contributed by atoms with Gasteiger partial charge in [-0.25, -0.2) is 13.6 Å². The van der Waals surface area contributed by atoms with Crippen LogP contribution in [-0.4, -0.2) is 46.2 Å². The van der Waals surface area contributed by atoms with Crippen LogP contribution in [0.5, 0.6) is 0 Å². The lowest BCUT2D eigenvalue weighted by molar-refractivity contribution is -0.00757. The first-order valence-electron chi connectivity index (χ1n) is 13.0. The summed E-state index contributed by atoms with van der Waals surface area (Å²) in [6, 6.07) is 10.1. The molecule has 2 aromatic carbocycles. The number of ether oxygens (including phenoxy) is 1. The van der Waals surface area contributed by atoms with E-state index in [2.05, 4.69) is 10.1 Å². The number of aromatic carboxylic acids is 1. The summed E-state index contributed by atoms with van der Waals surface area (Å²) < 4.78 is 43.7. The van der Waals surface area contributed by atoms with Crippen LogP contribution < -0.4 is 4.90 Å². The Morgan fingerprint density at radius 2 is 2.03 bits per heavy atom. The molecule has 1 N–H and O–H groups in total. The van der Waals surface area contributed by atoms with Crippen LogP contribution in [0.1, 0.15) is 53.3 Å². The SMILES string of the molecule is Cn1cc(C(=O)O)c2ccc(N3CCC(F)(COCc4c(-c5c(F)cccc5Cl)noc4C4CC4)CC3)cc21. The Hall–Kier alpha value is -3.43. The van der Waals surface area contributed by atoms with Crippen molar-refractivity contribution in [2.24, 2.45) is 7.05 Å². The van der Waals surface area contributed by atoms with E-state index in [1.54, 1.807) is 16.8 Å². The number of aryl methyl sites for hydroxylation is 1. The van der Waals surface area contributed by atoms with E-state index in [9.17, 15) is 14.3 Å². The van der Waals surface area contributed by atoms with Gasteiger partial charge in [-0.15, -0.1) is 0 Å². The molecule has 204 valence electrons. The molecule has 0 unspecified atom stereocenters. The number of benzene rings is 2. The molecule has 1 aliphatic heterocycles. The van der Waals surface area contributed by atoms with Gasteiger partial charge in [0.25, 0.3) is 0 Å². The van der Waals surface area contributed by atoms with Crippen molar-refractivity contribution in [2.45, 2.75) is 43.9 Å². The van der Waals surface area contributed by atoms with Gasteiger partial charge >= 0.3 is 5.97 Å². The van der Waals surface area contributed by atoms with Gasteiger partial charge in [-0.2, -0.15) is 0 Å². The first-order valence-corrected chi connectivity index (χ1v) is 13.4. The number of carboxylic acid groups (broad SMARTS) is 1. The fraction of sp³-hybridized carbons (Fsp3) is 0.379. The van der Waals surface area contributed by atoms with Crippen molar-refractivity contribution < 1.29 is 27.9 Å². The second-order valence-electron chi connectivity index (χ2n) is 10.5. The van der Waals surface area contributed by atoms with Crippen LogP contribution in [0.2, 0.25) is 5.02 Å². The third-order valence-corrected chi connectivity index (χ3v) is 8.12. The fourth-order valence-electron chi connectivity index (χ4n) is 5.43. The van der Waals surface area contributed by atoms with Crippen molar-refractivity contribution in [3.8, 4) is 11.3 Å². The molecule has 10 heteroatoms. The molecule has 0 bridgehead atoms. The third-order valence-electron chi connectivity index (χ3n) is 7.80. The Labute approximate surface area is 228 Å². The minimum atomic E-state index is -1.51. The zero-order chi connectivity index (χ0) is 27.3. The number of halogens is 3. The summed E-state index contributed by atoms with van der Waals surface area (Å²) in [7, 11) is 1.81. The highest BCUT2D eigenvalue weighted by Crippen LogP contribution is 2.45. The van der Waals surface area contributed by atoms with Crippen molar-refractivity contribution in [1.29, 1.82) is 0 Å². The van der Waals surface area contributed by atoms with Crippen molar-refractivity contribution in [1.82, 2.24) is 9.72 Å². The standard InChI is InChI=1S/C29H28ClF2N3O4/c1-34-14-20(28(36)37)19-8-7-18(13-24(19)34)35-11-9-29(32,10-12-35)16-38-15-21-26(33-39-27(21)17-5-6-17)25-22(30)3-2-4-23(25)31/h2-4,7-8,13-14,17H,5-6,9-12,15-16H2,1H3,(H,36,37). The van der Waals surface area contributed by atoms with Gasteiger partial charge in [-0.1, -0.05) is 22.8 Å². The number of carboxylic acids is 1. The van der Waals surface area contributed by atoms with Gasteiger partial charge < -0.3 is 23.8 Å². The molecule has 1 saturated heterocycles. The van der Waals surface area contributed by atoms with Gasteiger partial charge in [0, 0.05) is 61.7 Å². The monoisotopic (exact) mass is 555 g/mol. The second-order valence-corrected chi connectivity index (χ2v) is 10.9. The van der Waals surface area contributed by atoms with Crippen LogP contribution in [0.3, 0.4) is 0 Å². The largest absolute Gasteiger partial charge is 0.478 e. The number of piperidine rings is 1. The minimum Gasteiger partial charge on any atom is -0.478 e. The summed E-state index contributed by atoms with van der Waals surface area (Å²) in [6.07, 6.45) is 4.09. The molecule has 3 heterocycles. The van der Waals surface area contributed by atoms with E-state index in [0.29, 0.717) is 35.5 Å². The van der Waals surface area contributed by atoms with Gasteiger partial charge in [0.2, 0.25) is 0 Å². The summed E-state index contributed by atoms with van der Waals surface area (Å²) in [5.74, 6) is -0.588. The third kappa shape index (κ3) is 4.89. The van der Waals surface area contributed by atoms with Crippen LogP contribution in [0.15, 0.2) is 47.1 Å². The highest BCUT2D eigenvalue weighted by Gasteiger charge is 2.37. The predicted octanol–water partition coefficient (Wildman–Crippen LogP) is 6.73. The molecule has 2 aliphatic rings. The molecule has 4 aromatic rings. The summed E-state index contributed by atoms with van der Waals surface area (Å²) in [5, 5.41) is 14.5. The molecular formula is C29H28ClF2N3O4. The average Bonchev–Trinajstić information content (AvgIpc) is 3.59. The van der Waals surface area contributed by atoms with Gasteiger partial charge in [-0.05, 0) is 43.2 Å². The maximum Gasteiger partial charge on any atom is 0.337 e. The average molecular weight is 556 g/mol. The van der Waals surface area contributed by atoms with Crippen molar-refractivity contribution in [3.05, 3.63) is 70.3 Å². The minimum absolute atomic E-state index is 0.0563. The van der Waals surface area contributed by atoms with E-state index in [1.165, 1.54) is 12.1 Å². The number of hydrogen-bond acceptors (Lipinski definition) is 5. The van der Waals surface area contributed by atoms with Crippen LogP contribution in [-0.2, 0) is 18.4 Å². The summed E-state index contributed by atoms with van der Waals surface area (Å²) >= 11 is 6.28. The molecule has 39 heavy (non-hydrogen) atoms. The van der Waals surface area contributed by atoms with E-state index in [4.69, 9.17) is 20.9 Å². The van der Waals surface area contributed by atoms with Gasteiger partial charge in [-0.3, -0.25) is 0 Å². The van der Waals surface area contributed by atoms with Gasteiger partial charge in [0.15, 0.2) is 0 Å². The predicted molar refractivity (Wildman–Crippen MR) is 144 cm³/mol. The van der Waals surface area contributed by atoms with E-state index in [1.807, 2.05) is 25.2 Å². The Balaban J connectivity index is 1.13. The molecule has 6 rings (SSSR count). The molecule has 2 aromatic heterocycles. The maximum atomic E-state index is 15.8. The van der Waals surface area contributed by atoms with Crippen LogP contribution in [0.25, 0.3) is 22.2 Å². The summed E-state index contributed by atoms with van der Waals surface area (Å²) in [6.45, 7) is 0.955. The normalized spacial score (nSPS) is 17.2. The number of carbonyl (C=O) groups is 1. The maximum absolute atomic E-state index is 15.8. The number of anilines is 1. The first kappa shape index (κ1) is 25.8. The van der Waals surface area contributed by atoms with Gasteiger partial charge in [0.05, 0.1) is 34.9 Å². The Morgan fingerprint density at radius 1 is 1.26 bits per heavy atom. The smallest absolute Gasteiger partial charge is 0.337 e. The Bertz CT molecular complexity index is 1530. The van der Waals surface area contributed by atoms with Crippen LogP contribution in [0.4, 0.5) is 14.5 Å². The molecule has 0 atom stereocenters. The molecule has 2 fully saturated rings. The zero-order valence-electron chi connectivity index (χ0n) is 21.4. The molecule has 7 nitrogen and oxygen atoms in total. The number of rotatable bonds is 8. The lowest BCUT2D eigenvalue weighted by atomic mass is 9.93. The number of hydrogen-bond donors (Lipinski definition) is 1.